The van der Waals surface area contributed by atoms with Gasteiger partial charge in [0.15, 0.2) is 17.3 Å². The van der Waals surface area contributed by atoms with Crippen LogP contribution < -0.4 is 19.5 Å². The van der Waals surface area contributed by atoms with Gasteiger partial charge in [-0.1, -0.05) is 0 Å². The molecule has 0 saturated carbocycles. The number of benzene rings is 2. The van der Waals surface area contributed by atoms with Crippen LogP contribution in [-0.2, 0) is 0 Å². The highest BCUT2D eigenvalue weighted by atomic mass is 19.3. The maximum absolute atomic E-state index is 13.1. The third-order valence-electron chi connectivity index (χ3n) is 4.38. The van der Waals surface area contributed by atoms with Crippen LogP contribution in [0.5, 0.6) is 23.0 Å². The summed E-state index contributed by atoms with van der Waals surface area (Å²) in [6.07, 6.45) is -0.498. The van der Waals surface area contributed by atoms with Crippen molar-refractivity contribution in [2.24, 2.45) is 0 Å². The van der Waals surface area contributed by atoms with Crippen molar-refractivity contribution >= 4 is 11.9 Å². The molecular formula is C21H13F2N5O4. The van der Waals surface area contributed by atoms with E-state index in [9.17, 15) is 13.6 Å². The molecule has 0 fully saturated rings. The summed E-state index contributed by atoms with van der Waals surface area (Å²) in [7, 11) is 0. The number of ether oxygens (including phenoxy) is 3. The van der Waals surface area contributed by atoms with Crippen molar-refractivity contribution in [3.8, 4) is 34.4 Å². The number of rotatable bonds is 5. The number of hydrogen-bond donors (Lipinski definition) is 2. The molecule has 0 aliphatic carbocycles. The molecule has 1 aliphatic heterocycles. The number of anilines is 1. The lowest BCUT2D eigenvalue weighted by atomic mass is 10.2. The molecule has 1 aliphatic rings. The van der Waals surface area contributed by atoms with Crippen molar-refractivity contribution < 1.29 is 27.8 Å². The molecule has 1 amide bonds. The topological polar surface area (TPSA) is 111 Å². The molecule has 0 spiro atoms. The Morgan fingerprint density at radius 3 is 2.59 bits per heavy atom. The van der Waals surface area contributed by atoms with E-state index in [4.69, 9.17) is 4.74 Å². The molecule has 3 heterocycles. The van der Waals surface area contributed by atoms with Gasteiger partial charge in [-0.05, 0) is 54.6 Å². The van der Waals surface area contributed by atoms with E-state index in [0.717, 1.165) is 6.07 Å². The van der Waals surface area contributed by atoms with Gasteiger partial charge in [-0.2, -0.15) is 0 Å². The Labute approximate surface area is 179 Å². The highest BCUT2D eigenvalue weighted by molar-refractivity contribution is 6.03. The van der Waals surface area contributed by atoms with E-state index in [1.807, 2.05) is 0 Å². The first-order valence-corrected chi connectivity index (χ1v) is 9.27. The number of alkyl halides is 2. The fraction of sp³-hybridized carbons (Fsp3) is 0.0476. The van der Waals surface area contributed by atoms with Crippen LogP contribution >= 0.6 is 0 Å². The molecule has 0 radical (unpaired) electrons. The number of fused-ring (bicyclic) bond motifs is 1. The number of hydrogen-bond acceptors (Lipinski definition) is 7. The van der Waals surface area contributed by atoms with Crippen LogP contribution in [-0.4, -0.2) is 32.4 Å². The molecule has 5 rings (SSSR count). The van der Waals surface area contributed by atoms with Crippen LogP contribution in [0.15, 0.2) is 67.0 Å². The average Bonchev–Trinajstić information content (AvgIpc) is 3.36. The second-order valence-corrected chi connectivity index (χ2v) is 6.62. The SMILES string of the molecule is O=C(Nc1nnc(-c2ccc(Oc3cccnc3)cc2)[nH]1)c1ccc2c(c1)OC(F)(F)O2. The van der Waals surface area contributed by atoms with Gasteiger partial charge in [0, 0.05) is 17.3 Å². The predicted molar refractivity (Wildman–Crippen MR) is 107 cm³/mol. The maximum Gasteiger partial charge on any atom is 0.586 e. The largest absolute Gasteiger partial charge is 0.586 e. The molecule has 2 aromatic heterocycles. The number of carbonyl (C=O) groups is 1. The molecule has 0 atom stereocenters. The molecule has 160 valence electrons. The molecule has 9 nitrogen and oxygen atoms in total. The molecule has 0 unspecified atom stereocenters. The summed E-state index contributed by atoms with van der Waals surface area (Å²) >= 11 is 0. The first-order valence-electron chi connectivity index (χ1n) is 9.27. The van der Waals surface area contributed by atoms with Crippen molar-refractivity contribution in [1.29, 1.82) is 0 Å². The third kappa shape index (κ3) is 4.03. The van der Waals surface area contributed by atoms with E-state index >= 15 is 0 Å². The smallest absolute Gasteiger partial charge is 0.456 e. The fourth-order valence-corrected chi connectivity index (χ4v) is 2.94. The van der Waals surface area contributed by atoms with E-state index in [1.165, 1.54) is 12.1 Å². The standard InChI is InChI=1S/C21H13F2N5O4/c22-21(23)31-16-8-5-13(10-17(16)32-21)19(29)26-20-25-18(27-28-20)12-3-6-14(7-4-12)30-15-2-1-9-24-11-15/h1-11H,(H2,25,26,27,28,29). The lowest BCUT2D eigenvalue weighted by Gasteiger charge is -2.05. The van der Waals surface area contributed by atoms with Crippen molar-refractivity contribution in [2.45, 2.75) is 6.29 Å². The number of amides is 1. The predicted octanol–water partition coefficient (Wildman–Crippen LogP) is 4.23. The quantitative estimate of drug-likeness (QED) is 0.481. The summed E-state index contributed by atoms with van der Waals surface area (Å²) in [6, 6.07) is 14.3. The van der Waals surface area contributed by atoms with Gasteiger partial charge in [-0.25, -0.2) is 0 Å². The van der Waals surface area contributed by atoms with E-state index in [-0.39, 0.29) is 23.0 Å². The number of halogens is 2. The summed E-state index contributed by atoms with van der Waals surface area (Å²) < 4.78 is 40.6. The molecule has 11 heteroatoms. The zero-order valence-electron chi connectivity index (χ0n) is 16.1. The second kappa shape index (κ2) is 7.61. The van der Waals surface area contributed by atoms with Gasteiger partial charge >= 0.3 is 6.29 Å². The number of H-pyrrole nitrogens is 1. The Kier molecular flexibility index (Phi) is 4.62. The Hall–Kier alpha value is -4.54. The zero-order valence-corrected chi connectivity index (χ0v) is 16.1. The van der Waals surface area contributed by atoms with Crippen molar-refractivity contribution in [2.75, 3.05) is 5.32 Å². The number of carbonyl (C=O) groups excluding carboxylic acids is 1. The number of pyridine rings is 1. The van der Waals surface area contributed by atoms with Crippen molar-refractivity contribution in [1.82, 2.24) is 20.2 Å². The Bertz CT molecular complexity index is 1280. The normalized spacial score (nSPS) is 13.6. The Morgan fingerprint density at radius 1 is 1.00 bits per heavy atom. The molecule has 0 bridgehead atoms. The van der Waals surface area contributed by atoms with Crippen LogP contribution in [0.2, 0.25) is 0 Å². The van der Waals surface area contributed by atoms with Crippen LogP contribution in [0.4, 0.5) is 14.7 Å². The first-order chi connectivity index (χ1) is 15.4. The van der Waals surface area contributed by atoms with Crippen LogP contribution in [0.3, 0.4) is 0 Å². The van der Waals surface area contributed by atoms with Gasteiger partial charge in [0.2, 0.25) is 5.95 Å². The van der Waals surface area contributed by atoms with Gasteiger partial charge in [0.05, 0.1) is 6.20 Å². The molecular weight excluding hydrogens is 424 g/mol. The van der Waals surface area contributed by atoms with Crippen LogP contribution in [0.1, 0.15) is 10.4 Å². The first kappa shape index (κ1) is 19.4. The third-order valence-corrected chi connectivity index (χ3v) is 4.38. The number of nitrogens with zero attached hydrogens (tertiary/aromatic N) is 3. The van der Waals surface area contributed by atoms with Crippen molar-refractivity contribution in [3.05, 3.63) is 72.6 Å². The molecule has 32 heavy (non-hydrogen) atoms. The number of nitrogens with one attached hydrogen (secondary N) is 2. The second-order valence-electron chi connectivity index (χ2n) is 6.62. The minimum absolute atomic E-state index is 0.0832. The minimum Gasteiger partial charge on any atom is -0.456 e. The van der Waals surface area contributed by atoms with Gasteiger partial charge in [0.25, 0.3) is 5.91 Å². The summed E-state index contributed by atoms with van der Waals surface area (Å²) in [5, 5.41) is 10.4. The van der Waals surface area contributed by atoms with Gasteiger partial charge in [-0.3, -0.25) is 15.1 Å². The van der Waals surface area contributed by atoms with Crippen LogP contribution in [0, 0.1) is 0 Å². The summed E-state index contributed by atoms with van der Waals surface area (Å²) in [4.78, 5) is 19.3. The Morgan fingerprint density at radius 2 is 1.81 bits per heavy atom. The van der Waals surface area contributed by atoms with E-state index in [1.54, 1.807) is 48.8 Å². The van der Waals surface area contributed by atoms with Gasteiger partial charge in [-0.15, -0.1) is 19.0 Å². The molecule has 2 aromatic carbocycles. The highest BCUT2D eigenvalue weighted by Gasteiger charge is 2.43. The molecule has 4 aromatic rings. The van der Waals surface area contributed by atoms with E-state index in [2.05, 4.69) is 35.0 Å². The van der Waals surface area contributed by atoms with Gasteiger partial charge in [0.1, 0.15) is 11.5 Å². The monoisotopic (exact) mass is 437 g/mol. The van der Waals surface area contributed by atoms with Crippen LogP contribution in [0.25, 0.3) is 11.4 Å². The van der Waals surface area contributed by atoms with E-state index in [0.29, 0.717) is 22.9 Å². The lowest BCUT2D eigenvalue weighted by Crippen LogP contribution is -2.25. The summed E-state index contributed by atoms with van der Waals surface area (Å²) in [5.41, 5.74) is 0.793. The highest BCUT2D eigenvalue weighted by Crippen LogP contribution is 2.41. The number of aromatic amines is 1. The minimum atomic E-state index is -3.75. The van der Waals surface area contributed by atoms with E-state index < -0.39 is 12.2 Å². The van der Waals surface area contributed by atoms with Gasteiger partial charge < -0.3 is 19.2 Å². The average molecular weight is 437 g/mol. The lowest BCUT2D eigenvalue weighted by molar-refractivity contribution is -0.286. The zero-order chi connectivity index (χ0) is 22.1. The Balaban J connectivity index is 1.26. The maximum atomic E-state index is 13.1. The summed E-state index contributed by atoms with van der Waals surface area (Å²) in [5.74, 6) is 0.760. The number of aromatic nitrogens is 4. The fourth-order valence-electron chi connectivity index (χ4n) is 2.94. The molecule has 2 N–H and O–H groups in total. The molecule has 0 saturated heterocycles. The van der Waals surface area contributed by atoms with Crippen molar-refractivity contribution in [3.63, 3.8) is 0 Å². The summed E-state index contributed by atoms with van der Waals surface area (Å²) in [6.45, 7) is 0.